The molecule has 0 radical (unpaired) electrons. The number of fused-ring (bicyclic) bond motifs is 1. The average molecular weight is 507 g/mol. The lowest BCUT2D eigenvalue weighted by atomic mass is 10.1. The van der Waals surface area contributed by atoms with Crippen molar-refractivity contribution in [2.24, 2.45) is 0 Å². The first-order valence-corrected chi connectivity index (χ1v) is 12.4. The summed E-state index contributed by atoms with van der Waals surface area (Å²) < 4.78 is 17.2. The minimum absolute atomic E-state index is 0.0397. The molecule has 1 atom stereocenters. The van der Waals surface area contributed by atoms with Crippen molar-refractivity contribution in [1.29, 1.82) is 0 Å². The molecule has 0 aliphatic heterocycles. The molecule has 0 spiro atoms. The summed E-state index contributed by atoms with van der Waals surface area (Å²) in [6.45, 7) is 7.36. The van der Waals surface area contributed by atoms with Gasteiger partial charge >= 0.3 is 5.97 Å². The lowest BCUT2D eigenvalue weighted by Gasteiger charge is -2.18. The second-order valence-electron chi connectivity index (χ2n) is 8.11. The van der Waals surface area contributed by atoms with Crippen LogP contribution in [0.15, 0.2) is 57.7 Å². The fourth-order valence-electron chi connectivity index (χ4n) is 3.61. The van der Waals surface area contributed by atoms with Gasteiger partial charge in [0.25, 0.3) is 5.91 Å². The number of esters is 1. The van der Waals surface area contributed by atoms with Crippen molar-refractivity contribution in [2.45, 2.75) is 40.2 Å². The van der Waals surface area contributed by atoms with E-state index in [1.165, 1.54) is 0 Å². The summed E-state index contributed by atoms with van der Waals surface area (Å²) in [7, 11) is 0. The molecule has 4 rings (SSSR count). The number of carbonyl (C=O) groups excluding carboxylic acids is 2. The third-order valence-electron chi connectivity index (χ3n) is 5.48. The Morgan fingerprint density at radius 3 is 2.50 bits per heavy atom. The van der Waals surface area contributed by atoms with Crippen molar-refractivity contribution >= 4 is 39.3 Å². The monoisotopic (exact) mass is 506 g/mol. The van der Waals surface area contributed by atoms with E-state index in [1.807, 2.05) is 31.2 Å². The summed E-state index contributed by atoms with van der Waals surface area (Å²) in [5.74, 6) is -0.779. The Morgan fingerprint density at radius 2 is 1.81 bits per heavy atom. The summed E-state index contributed by atoms with van der Waals surface area (Å²) in [5.41, 5.74) is 2.22. The highest BCUT2D eigenvalue weighted by Gasteiger charge is 2.26. The largest absolute Gasteiger partial charge is 0.473 e. The van der Waals surface area contributed by atoms with Crippen LogP contribution in [0.5, 0.6) is 5.75 Å². The van der Waals surface area contributed by atoms with Gasteiger partial charge < -0.3 is 13.9 Å². The molecule has 2 heterocycles. The Labute approximate surface area is 211 Å². The summed E-state index contributed by atoms with van der Waals surface area (Å²) in [4.78, 5) is 43.2. The van der Waals surface area contributed by atoms with Crippen LogP contribution in [0.2, 0.25) is 0 Å². The lowest BCUT2D eigenvalue weighted by Crippen LogP contribution is -2.34. The Morgan fingerprint density at radius 1 is 1.08 bits per heavy atom. The maximum atomic E-state index is 13.4. The van der Waals surface area contributed by atoms with Gasteiger partial charge in [-0.2, -0.15) is 0 Å². The topological polar surface area (TPSA) is 108 Å². The van der Waals surface area contributed by atoms with Crippen LogP contribution in [0.25, 0.3) is 22.3 Å². The van der Waals surface area contributed by atoms with Gasteiger partial charge in [0.05, 0.1) is 17.7 Å². The number of benzene rings is 2. The van der Waals surface area contributed by atoms with Gasteiger partial charge in [-0.05, 0) is 39.3 Å². The number of carbonyl (C=O) groups is 2. The normalized spacial score (nSPS) is 11.8. The number of nitrogens with one attached hydrogen (secondary N) is 1. The number of hydrogen-bond acceptors (Lipinski definition) is 8. The number of ether oxygens (including phenoxy) is 2. The number of amides is 1. The summed E-state index contributed by atoms with van der Waals surface area (Å²) in [6.07, 6.45) is -0.728. The number of aryl methyl sites for hydroxylation is 2. The molecule has 9 heteroatoms. The molecule has 4 aromatic rings. The van der Waals surface area contributed by atoms with Crippen LogP contribution in [-0.4, -0.2) is 29.6 Å². The molecule has 0 aliphatic rings. The highest BCUT2D eigenvalue weighted by atomic mass is 32.1. The van der Waals surface area contributed by atoms with Crippen molar-refractivity contribution in [3.05, 3.63) is 74.9 Å². The molecular weight excluding hydrogens is 480 g/mol. The quantitative estimate of drug-likeness (QED) is 0.314. The third-order valence-corrected chi connectivity index (χ3v) is 6.53. The van der Waals surface area contributed by atoms with Gasteiger partial charge in [-0.1, -0.05) is 60.2 Å². The standard InChI is InChI=1S/C27H26N2O6S/c1-5-19(25(31)29-27-28-16(4)24(36-27)26(32)33-6-2)34-23-21(30)18-9-7-8-10-20(18)35-22(23)17-13-11-15(3)12-14-17/h7-14,19H,5-6H2,1-4H3,(H,28,29,31). The van der Waals surface area contributed by atoms with Crippen LogP contribution in [0, 0.1) is 13.8 Å². The van der Waals surface area contributed by atoms with Gasteiger partial charge in [0, 0.05) is 5.56 Å². The first kappa shape index (κ1) is 25.1. The van der Waals surface area contributed by atoms with Crippen molar-refractivity contribution in [1.82, 2.24) is 4.98 Å². The number of nitrogens with zero attached hydrogens (tertiary/aromatic N) is 1. The van der Waals surface area contributed by atoms with Gasteiger partial charge in [0.15, 0.2) is 17.0 Å². The van der Waals surface area contributed by atoms with E-state index in [0.717, 1.165) is 16.9 Å². The summed E-state index contributed by atoms with van der Waals surface area (Å²) in [5, 5.41) is 3.30. The third kappa shape index (κ3) is 5.16. The van der Waals surface area contributed by atoms with Crippen molar-refractivity contribution < 1.29 is 23.5 Å². The molecule has 0 saturated carbocycles. The number of thiazole rings is 1. The highest BCUT2D eigenvalue weighted by molar-refractivity contribution is 7.17. The van der Waals surface area contributed by atoms with Crippen LogP contribution in [0.1, 0.15) is 41.2 Å². The fraction of sp³-hybridized carbons (Fsp3) is 0.259. The van der Waals surface area contributed by atoms with Gasteiger partial charge in [0.1, 0.15) is 10.5 Å². The number of anilines is 1. The number of para-hydroxylation sites is 1. The minimum atomic E-state index is -1.01. The van der Waals surface area contributed by atoms with Crippen molar-refractivity contribution in [2.75, 3.05) is 11.9 Å². The summed E-state index contributed by atoms with van der Waals surface area (Å²) in [6, 6.07) is 14.4. The first-order valence-electron chi connectivity index (χ1n) is 11.6. The van der Waals surface area contributed by atoms with E-state index in [9.17, 15) is 14.4 Å². The van der Waals surface area contributed by atoms with Crippen molar-refractivity contribution in [3.8, 4) is 17.1 Å². The molecule has 0 bridgehead atoms. The van der Waals surface area contributed by atoms with Crippen LogP contribution < -0.4 is 15.5 Å². The molecule has 1 amide bonds. The molecule has 0 saturated heterocycles. The van der Waals surface area contributed by atoms with Gasteiger partial charge in [-0.15, -0.1) is 0 Å². The maximum absolute atomic E-state index is 13.4. The zero-order valence-electron chi connectivity index (χ0n) is 20.4. The molecule has 8 nitrogen and oxygen atoms in total. The van der Waals surface area contributed by atoms with Crippen LogP contribution >= 0.6 is 11.3 Å². The SMILES string of the molecule is CCOC(=O)c1sc(NC(=O)C(CC)Oc2c(-c3ccc(C)cc3)oc3ccccc3c2=O)nc1C. The molecule has 1 unspecified atom stereocenters. The predicted octanol–water partition coefficient (Wildman–Crippen LogP) is 5.51. The molecule has 0 fully saturated rings. The molecule has 186 valence electrons. The number of aromatic nitrogens is 1. The predicted molar refractivity (Wildman–Crippen MR) is 139 cm³/mol. The van der Waals surface area contributed by atoms with Crippen LogP contribution in [-0.2, 0) is 9.53 Å². The smallest absolute Gasteiger partial charge is 0.350 e. The first-order chi connectivity index (χ1) is 17.3. The molecule has 2 aromatic heterocycles. The van der Waals surface area contributed by atoms with E-state index < -0.39 is 18.0 Å². The molecule has 1 N–H and O–H groups in total. The highest BCUT2D eigenvalue weighted by Crippen LogP contribution is 2.32. The Hall–Kier alpha value is -3.98. The van der Waals surface area contributed by atoms with E-state index in [1.54, 1.807) is 45.0 Å². The molecule has 0 aliphatic carbocycles. The van der Waals surface area contributed by atoms with E-state index in [0.29, 0.717) is 27.1 Å². The van der Waals surface area contributed by atoms with E-state index >= 15 is 0 Å². The molecule has 36 heavy (non-hydrogen) atoms. The lowest BCUT2D eigenvalue weighted by molar-refractivity contribution is -0.122. The van der Waals surface area contributed by atoms with Crippen molar-refractivity contribution in [3.63, 3.8) is 0 Å². The average Bonchev–Trinajstić information content (AvgIpc) is 3.24. The van der Waals surface area contributed by atoms with Crippen LogP contribution in [0.4, 0.5) is 5.13 Å². The zero-order chi connectivity index (χ0) is 25.8. The minimum Gasteiger partial charge on any atom is -0.473 e. The van der Waals surface area contributed by atoms with E-state index in [-0.39, 0.29) is 35.1 Å². The second kappa shape index (κ2) is 10.7. The van der Waals surface area contributed by atoms with E-state index in [4.69, 9.17) is 13.9 Å². The Kier molecular flexibility index (Phi) is 7.49. The van der Waals surface area contributed by atoms with Gasteiger partial charge in [-0.3, -0.25) is 14.9 Å². The maximum Gasteiger partial charge on any atom is 0.350 e. The number of rotatable bonds is 8. The van der Waals surface area contributed by atoms with Gasteiger partial charge in [-0.25, -0.2) is 9.78 Å². The fourth-order valence-corrected chi connectivity index (χ4v) is 4.48. The Balaban J connectivity index is 1.67. The number of hydrogen-bond donors (Lipinski definition) is 1. The zero-order valence-corrected chi connectivity index (χ0v) is 21.2. The molecule has 2 aromatic carbocycles. The summed E-state index contributed by atoms with van der Waals surface area (Å²) >= 11 is 1.02. The Bertz CT molecular complexity index is 1470. The second-order valence-corrected chi connectivity index (χ2v) is 9.11. The van der Waals surface area contributed by atoms with E-state index in [2.05, 4.69) is 10.3 Å². The molecular formula is C27H26N2O6S. The van der Waals surface area contributed by atoms with Gasteiger partial charge in [0.2, 0.25) is 11.2 Å². The van der Waals surface area contributed by atoms with Crippen LogP contribution in [0.3, 0.4) is 0 Å².